The SMILES string of the molecule is CC(C)OC(=O)COC(=O)c1cccc(N2C(=O)c3ccccc3C2=O)c1. The molecule has 1 heterocycles. The number of rotatable bonds is 5. The number of nitrogens with zero attached hydrogens (tertiary/aromatic N) is 1. The van der Waals surface area contributed by atoms with Gasteiger partial charge in [0.05, 0.1) is 28.5 Å². The van der Waals surface area contributed by atoms with Gasteiger partial charge in [-0.1, -0.05) is 18.2 Å². The molecule has 0 radical (unpaired) electrons. The van der Waals surface area contributed by atoms with Crippen LogP contribution in [0.2, 0.25) is 0 Å². The number of carbonyl (C=O) groups is 4. The Bertz CT molecular complexity index is 899. The first-order chi connectivity index (χ1) is 12.9. The maximum absolute atomic E-state index is 12.5. The molecule has 0 fully saturated rings. The molecule has 0 aliphatic carbocycles. The summed E-state index contributed by atoms with van der Waals surface area (Å²) in [5.74, 6) is -2.33. The van der Waals surface area contributed by atoms with Gasteiger partial charge in [-0.25, -0.2) is 14.5 Å². The zero-order chi connectivity index (χ0) is 19.6. The van der Waals surface area contributed by atoms with Crippen LogP contribution >= 0.6 is 0 Å². The molecule has 1 aliphatic rings. The molecule has 0 spiro atoms. The Kier molecular flexibility index (Phi) is 5.03. The Morgan fingerprint density at radius 2 is 1.59 bits per heavy atom. The molecule has 2 amide bonds. The molecule has 0 N–H and O–H groups in total. The molecule has 7 heteroatoms. The summed E-state index contributed by atoms with van der Waals surface area (Å²) >= 11 is 0. The average Bonchev–Trinajstić information content (AvgIpc) is 2.90. The van der Waals surface area contributed by atoms with Gasteiger partial charge in [0.15, 0.2) is 6.61 Å². The number of esters is 2. The third-order valence-electron chi connectivity index (χ3n) is 3.82. The minimum Gasteiger partial charge on any atom is -0.460 e. The van der Waals surface area contributed by atoms with Crippen molar-refractivity contribution in [2.45, 2.75) is 20.0 Å². The summed E-state index contributed by atoms with van der Waals surface area (Å²) in [4.78, 5) is 49.7. The topological polar surface area (TPSA) is 90.0 Å². The third kappa shape index (κ3) is 3.72. The molecule has 0 saturated carbocycles. The molecule has 0 saturated heterocycles. The van der Waals surface area contributed by atoms with Gasteiger partial charge in [-0.05, 0) is 44.2 Å². The number of imide groups is 1. The number of hydrogen-bond donors (Lipinski definition) is 0. The summed E-state index contributed by atoms with van der Waals surface area (Å²) < 4.78 is 9.81. The van der Waals surface area contributed by atoms with E-state index in [-0.39, 0.29) is 17.4 Å². The Balaban J connectivity index is 1.77. The van der Waals surface area contributed by atoms with Crippen LogP contribution in [0.25, 0.3) is 0 Å². The lowest BCUT2D eigenvalue weighted by Crippen LogP contribution is -2.29. The summed E-state index contributed by atoms with van der Waals surface area (Å²) in [5.41, 5.74) is 0.987. The molecule has 2 aromatic rings. The van der Waals surface area contributed by atoms with E-state index in [1.807, 2.05) is 0 Å². The molecule has 0 unspecified atom stereocenters. The van der Waals surface area contributed by atoms with Crippen molar-refractivity contribution in [2.75, 3.05) is 11.5 Å². The van der Waals surface area contributed by atoms with Crippen molar-refractivity contribution < 1.29 is 28.7 Å². The molecular formula is C20H17NO6. The van der Waals surface area contributed by atoms with Crippen LogP contribution in [0.5, 0.6) is 0 Å². The first-order valence-corrected chi connectivity index (χ1v) is 8.33. The molecule has 3 rings (SSSR count). The smallest absolute Gasteiger partial charge is 0.344 e. The lowest BCUT2D eigenvalue weighted by molar-refractivity contribution is -0.150. The Labute approximate surface area is 155 Å². The van der Waals surface area contributed by atoms with Gasteiger partial charge in [-0.2, -0.15) is 0 Å². The quantitative estimate of drug-likeness (QED) is 0.596. The van der Waals surface area contributed by atoms with Gasteiger partial charge < -0.3 is 9.47 Å². The van der Waals surface area contributed by atoms with Crippen molar-refractivity contribution in [3.05, 3.63) is 65.2 Å². The van der Waals surface area contributed by atoms with Crippen molar-refractivity contribution in [3.8, 4) is 0 Å². The zero-order valence-corrected chi connectivity index (χ0v) is 14.8. The normalized spacial score (nSPS) is 12.9. The van der Waals surface area contributed by atoms with Gasteiger partial charge in [0.2, 0.25) is 0 Å². The first kappa shape index (κ1) is 18.3. The number of fused-ring (bicyclic) bond motifs is 1. The van der Waals surface area contributed by atoms with E-state index in [0.717, 1.165) is 4.90 Å². The lowest BCUT2D eigenvalue weighted by atomic mass is 10.1. The van der Waals surface area contributed by atoms with E-state index in [1.54, 1.807) is 44.2 Å². The molecule has 0 bridgehead atoms. The van der Waals surface area contributed by atoms with Crippen LogP contribution in [0.1, 0.15) is 44.9 Å². The van der Waals surface area contributed by atoms with Crippen molar-refractivity contribution in [1.82, 2.24) is 0 Å². The summed E-state index contributed by atoms with van der Waals surface area (Å²) in [7, 11) is 0. The number of benzene rings is 2. The Morgan fingerprint density at radius 3 is 2.19 bits per heavy atom. The number of ether oxygens (including phenoxy) is 2. The van der Waals surface area contributed by atoms with Crippen LogP contribution in [0, 0.1) is 0 Å². The maximum atomic E-state index is 12.5. The van der Waals surface area contributed by atoms with Crippen LogP contribution in [-0.4, -0.2) is 36.5 Å². The highest BCUT2D eigenvalue weighted by Gasteiger charge is 2.36. The molecule has 7 nitrogen and oxygen atoms in total. The van der Waals surface area contributed by atoms with Gasteiger partial charge in [0.25, 0.3) is 11.8 Å². The van der Waals surface area contributed by atoms with E-state index in [1.165, 1.54) is 18.2 Å². The number of hydrogen-bond acceptors (Lipinski definition) is 6. The fraction of sp³-hybridized carbons (Fsp3) is 0.200. The second-order valence-corrected chi connectivity index (χ2v) is 6.16. The highest BCUT2D eigenvalue weighted by atomic mass is 16.6. The molecule has 27 heavy (non-hydrogen) atoms. The predicted molar refractivity (Wildman–Crippen MR) is 95.5 cm³/mol. The highest BCUT2D eigenvalue weighted by molar-refractivity contribution is 6.34. The summed E-state index contributed by atoms with van der Waals surface area (Å²) in [5, 5.41) is 0. The summed E-state index contributed by atoms with van der Waals surface area (Å²) in [6, 6.07) is 12.4. The van der Waals surface area contributed by atoms with E-state index >= 15 is 0 Å². The fourth-order valence-corrected chi connectivity index (χ4v) is 2.70. The summed E-state index contributed by atoms with van der Waals surface area (Å²) in [6.45, 7) is 2.85. The van der Waals surface area contributed by atoms with Crippen LogP contribution in [0.3, 0.4) is 0 Å². The van der Waals surface area contributed by atoms with Gasteiger partial charge in [0, 0.05) is 0 Å². The molecular weight excluding hydrogens is 350 g/mol. The fourth-order valence-electron chi connectivity index (χ4n) is 2.70. The van der Waals surface area contributed by atoms with E-state index in [9.17, 15) is 19.2 Å². The van der Waals surface area contributed by atoms with E-state index in [2.05, 4.69) is 0 Å². The second-order valence-electron chi connectivity index (χ2n) is 6.16. The highest BCUT2D eigenvalue weighted by Crippen LogP contribution is 2.28. The molecule has 1 aliphatic heterocycles. The number of amides is 2. The Hall–Kier alpha value is -3.48. The van der Waals surface area contributed by atoms with Crippen molar-refractivity contribution in [3.63, 3.8) is 0 Å². The van der Waals surface area contributed by atoms with Crippen LogP contribution in [0.15, 0.2) is 48.5 Å². The number of carbonyl (C=O) groups excluding carboxylic acids is 4. The average molecular weight is 367 g/mol. The zero-order valence-electron chi connectivity index (χ0n) is 14.8. The molecule has 0 aromatic heterocycles. The second kappa shape index (κ2) is 7.41. The van der Waals surface area contributed by atoms with Crippen molar-refractivity contribution in [1.29, 1.82) is 0 Å². The number of anilines is 1. The largest absolute Gasteiger partial charge is 0.460 e. The van der Waals surface area contributed by atoms with Crippen LogP contribution in [0.4, 0.5) is 5.69 Å². The molecule has 0 atom stereocenters. The van der Waals surface area contributed by atoms with Crippen LogP contribution in [-0.2, 0) is 14.3 Å². The Morgan fingerprint density at radius 1 is 0.963 bits per heavy atom. The predicted octanol–water partition coefficient (Wildman–Crippen LogP) is 2.60. The van der Waals surface area contributed by atoms with Crippen molar-refractivity contribution in [2.24, 2.45) is 0 Å². The van der Waals surface area contributed by atoms with Crippen LogP contribution < -0.4 is 4.90 Å². The lowest BCUT2D eigenvalue weighted by Gasteiger charge is -2.15. The monoisotopic (exact) mass is 367 g/mol. The maximum Gasteiger partial charge on any atom is 0.344 e. The van der Waals surface area contributed by atoms with Gasteiger partial charge in [0.1, 0.15) is 0 Å². The minimum absolute atomic E-state index is 0.112. The standard InChI is InChI=1S/C20H17NO6/c1-12(2)27-17(22)11-26-20(25)13-6-5-7-14(10-13)21-18(23)15-8-3-4-9-16(15)19(21)24/h3-10,12H,11H2,1-2H3. The van der Waals surface area contributed by atoms with E-state index in [0.29, 0.717) is 11.1 Å². The van der Waals surface area contributed by atoms with Gasteiger partial charge in [-0.15, -0.1) is 0 Å². The minimum atomic E-state index is -0.755. The van der Waals surface area contributed by atoms with Gasteiger partial charge in [-0.3, -0.25) is 9.59 Å². The third-order valence-corrected chi connectivity index (χ3v) is 3.82. The van der Waals surface area contributed by atoms with E-state index < -0.39 is 30.4 Å². The summed E-state index contributed by atoms with van der Waals surface area (Å²) in [6.07, 6.45) is -0.312. The van der Waals surface area contributed by atoms with Crippen molar-refractivity contribution >= 4 is 29.4 Å². The van der Waals surface area contributed by atoms with E-state index in [4.69, 9.17) is 9.47 Å². The molecule has 138 valence electrons. The molecule has 2 aromatic carbocycles. The first-order valence-electron chi connectivity index (χ1n) is 8.33. The van der Waals surface area contributed by atoms with Gasteiger partial charge >= 0.3 is 11.9 Å².